The van der Waals surface area contributed by atoms with Crippen LogP contribution in [0.15, 0.2) is 0 Å². The zero-order chi connectivity index (χ0) is 7.19. The summed E-state index contributed by atoms with van der Waals surface area (Å²) in [4.78, 5) is 10.6. The van der Waals surface area contributed by atoms with Gasteiger partial charge in [0.1, 0.15) is 0 Å². The molecule has 2 rings (SSSR count). The highest BCUT2D eigenvalue weighted by atomic mass is 16.5. The van der Waals surface area contributed by atoms with Gasteiger partial charge in [0, 0.05) is 6.61 Å². The first-order valence-corrected chi connectivity index (χ1v) is 3.66. The van der Waals surface area contributed by atoms with Crippen LogP contribution in [0.25, 0.3) is 0 Å². The summed E-state index contributed by atoms with van der Waals surface area (Å²) in [6, 6.07) is 0. The smallest absolute Gasteiger partial charge is 0.222 e. The molecule has 3 heteroatoms. The molecule has 2 aliphatic rings. The van der Waals surface area contributed by atoms with Gasteiger partial charge in [-0.2, -0.15) is 0 Å². The quantitative estimate of drug-likeness (QED) is 0.484. The molecule has 2 heterocycles. The van der Waals surface area contributed by atoms with Crippen LogP contribution in [0.2, 0.25) is 0 Å². The lowest BCUT2D eigenvalue weighted by molar-refractivity contribution is -0.134. The topological polar surface area (TPSA) is 38.3 Å². The molecule has 2 fully saturated rings. The van der Waals surface area contributed by atoms with E-state index in [2.05, 4.69) is 5.32 Å². The number of β-lactam (4-membered cyclic amide) rings is 1. The molecule has 0 radical (unpaired) electrons. The van der Waals surface area contributed by atoms with Crippen LogP contribution in [0.1, 0.15) is 19.8 Å². The molecule has 1 N–H and O–H groups in total. The summed E-state index contributed by atoms with van der Waals surface area (Å²) in [7, 11) is 0. The molecule has 3 nitrogen and oxygen atoms in total. The first-order chi connectivity index (χ1) is 4.73. The Morgan fingerprint density at radius 2 is 2.50 bits per heavy atom. The highest BCUT2D eigenvalue weighted by Crippen LogP contribution is 2.34. The monoisotopic (exact) mass is 141 g/mol. The van der Waals surface area contributed by atoms with Crippen LogP contribution in [0.5, 0.6) is 0 Å². The third kappa shape index (κ3) is 0.611. The predicted octanol–water partition coefficient (Wildman–Crippen LogP) is 0.0539. The fraction of sp³-hybridized carbons (Fsp3) is 0.857. The third-order valence-corrected chi connectivity index (χ3v) is 2.56. The zero-order valence-corrected chi connectivity index (χ0v) is 6.02. The van der Waals surface area contributed by atoms with E-state index in [1.807, 2.05) is 6.92 Å². The van der Waals surface area contributed by atoms with Crippen LogP contribution in [-0.2, 0) is 9.53 Å². The Balaban J connectivity index is 2.09. The van der Waals surface area contributed by atoms with Gasteiger partial charge in [0.25, 0.3) is 0 Å². The van der Waals surface area contributed by atoms with Crippen molar-refractivity contribution in [2.24, 2.45) is 0 Å². The summed E-state index contributed by atoms with van der Waals surface area (Å²) in [5, 5.41) is 2.90. The van der Waals surface area contributed by atoms with E-state index in [-0.39, 0.29) is 17.6 Å². The Labute approximate surface area is 59.7 Å². The van der Waals surface area contributed by atoms with Gasteiger partial charge in [-0.1, -0.05) is 0 Å². The highest BCUT2D eigenvalue weighted by molar-refractivity contribution is 5.85. The van der Waals surface area contributed by atoms with Crippen molar-refractivity contribution < 1.29 is 9.53 Å². The minimum absolute atomic E-state index is 0.0249. The Bertz CT molecular complexity index is 170. The predicted molar refractivity (Wildman–Crippen MR) is 35.5 cm³/mol. The van der Waals surface area contributed by atoms with Crippen LogP contribution in [0.4, 0.5) is 0 Å². The van der Waals surface area contributed by atoms with Gasteiger partial charge in [-0.15, -0.1) is 0 Å². The maximum Gasteiger partial charge on any atom is 0.222 e. The second-order valence-electron chi connectivity index (χ2n) is 3.14. The molecule has 1 amide bonds. The van der Waals surface area contributed by atoms with E-state index < -0.39 is 0 Å². The van der Waals surface area contributed by atoms with Crippen molar-refractivity contribution in [2.75, 3.05) is 6.61 Å². The van der Waals surface area contributed by atoms with Gasteiger partial charge in [-0.05, 0) is 13.3 Å². The van der Waals surface area contributed by atoms with E-state index in [4.69, 9.17) is 4.74 Å². The maximum absolute atomic E-state index is 10.6. The van der Waals surface area contributed by atoms with E-state index >= 15 is 0 Å². The Kier molecular flexibility index (Phi) is 1.06. The van der Waals surface area contributed by atoms with Crippen molar-refractivity contribution in [3.8, 4) is 0 Å². The van der Waals surface area contributed by atoms with Gasteiger partial charge < -0.3 is 10.1 Å². The molecule has 0 saturated carbocycles. The lowest BCUT2D eigenvalue weighted by Gasteiger charge is -2.40. The van der Waals surface area contributed by atoms with Gasteiger partial charge >= 0.3 is 0 Å². The molecular weight excluding hydrogens is 130 g/mol. The van der Waals surface area contributed by atoms with Gasteiger partial charge in [0.2, 0.25) is 5.91 Å². The van der Waals surface area contributed by atoms with Crippen LogP contribution < -0.4 is 5.32 Å². The average Bonchev–Trinajstić information content (AvgIpc) is 2.12. The number of amides is 1. The molecule has 2 saturated heterocycles. The number of ether oxygens (including phenoxy) is 1. The molecule has 2 unspecified atom stereocenters. The molecule has 10 heavy (non-hydrogen) atoms. The Morgan fingerprint density at radius 3 is 2.90 bits per heavy atom. The fourth-order valence-corrected chi connectivity index (χ4v) is 1.72. The second-order valence-corrected chi connectivity index (χ2v) is 3.14. The molecule has 2 aliphatic heterocycles. The molecule has 0 aromatic rings. The molecule has 0 aromatic heterocycles. The standard InChI is InChI=1S/C7H11NO2/c1-5-7(2-3-10-5)4-6(9)8-7/h5H,2-4H2,1H3,(H,8,9). The number of rotatable bonds is 0. The summed E-state index contributed by atoms with van der Waals surface area (Å²) < 4.78 is 5.34. The molecule has 0 bridgehead atoms. The zero-order valence-electron chi connectivity index (χ0n) is 6.02. The van der Waals surface area contributed by atoms with Crippen molar-refractivity contribution in [1.82, 2.24) is 5.32 Å². The Morgan fingerprint density at radius 1 is 1.80 bits per heavy atom. The van der Waals surface area contributed by atoms with Crippen LogP contribution in [0, 0.1) is 0 Å². The van der Waals surface area contributed by atoms with E-state index in [1.54, 1.807) is 0 Å². The number of carbonyl (C=O) groups excluding carboxylic acids is 1. The molecule has 1 spiro atoms. The summed E-state index contributed by atoms with van der Waals surface area (Å²) in [6.45, 7) is 2.81. The summed E-state index contributed by atoms with van der Waals surface area (Å²) in [6.07, 6.45) is 1.86. The second kappa shape index (κ2) is 1.72. The van der Waals surface area contributed by atoms with Gasteiger partial charge in [0.05, 0.1) is 18.1 Å². The summed E-state index contributed by atoms with van der Waals surface area (Å²) in [5.74, 6) is 0.164. The molecule has 0 aliphatic carbocycles. The lowest BCUT2D eigenvalue weighted by atomic mass is 9.81. The first-order valence-electron chi connectivity index (χ1n) is 3.66. The minimum Gasteiger partial charge on any atom is -0.376 e. The van der Waals surface area contributed by atoms with E-state index in [0.717, 1.165) is 13.0 Å². The maximum atomic E-state index is 10.6. The molecular formula is C7H11NO2. The number of carbonyl (C=O) groups is 1. The van der Waals surface area contributed by atoms with E-state index in [0.29, 0.717) is 6.42 Å². The Hall–Kier alpha value is -0.570. The van der Waals surface area contributed by atoms with Crippen molar-refractivity contribution in [3.05, 3.63) is 0 Å². The summed E-state index contributed by atoms with van der Waals surface area (Å²) >= 11 is 0. The normalized spacial score (nSPS) is 45.3. The van der Waals surface area contributed by atoms with Crippen molar-refractivity contribution >= 4 is 5.91 Å². The molecule has 2 atom stereocenters. The van der Waals surface area contributed by atoms with Crippen molar-refractivity contribution in [2.45, 2.75) is 31.4 Å². The number of nitrogens with one attached hydrogen (secondary N) is 1. The van der Waals surface area contributed by atoms with Crippen LogP contribution in [-0.4, -0.2) is 24.2 Å². The van der Waals surface area contributed by atoms with Gasteiger partial charge in [0.15, 0.2) is 0 Å². The van der Waals surface area contributed by atoms with E-state index in [1.165, 1.54) is 0 Å². The van der Waals surface area contributed by atoms with E-state index in [9.17, 15) is 4.79 Å². The van der Waals surface area contributed by atoms with Crippen molar-refractivity contribution in [3.63, 3.8) is 0 Å². The van der Waals surface area contributed by atoms with Gasteiger partial charge in [-0.25, -0.2) is 0 Å². The van der Waals surface area contributed by atoms with Gasteiger partial charge in [-0.3, -0.25) is 4.79 Å². The third-order valence-electron chi connectivity index (χ3n) is 2.56. The molecule has 56 valence electrons. The van der Waals surface area contributed by atoms with Crippen LogP contribution in [0.3, 0.4) is 0 Å². The largest absolute Gasteiger partial charge is 0.376 e. The number of hydrogen-bond acceptors (Lipinski definition) is 2. The van der Waals surface area contributed by atoms with Crippen molar-refractivity contribution in [1.29, 1.82) is 0 Å². The average molecular weight is 141 g/mol. The molecule has 0 aromatic carbocycles. The number of hydrogen-bond donors (Lipinski definition) is 1. The fourth-order valence-electron chi connectivity index (χ4n) is 1.72. The highest BCUT2D eigenvalue weighted by Gasteiger charge is 2.50. The summed E-state index contributed by atoms with van der Waals surface area (Å²) in [5.41, 5.74) is 0.0249. The first kappa shape index (κ1) is 6.16. The van der Waals surface area contributed by atoms with Crippen LogP contribution >= 0.6 is 0 Å². The SMILES string of the molecule is CC1OCCC12CC(=O)N2. The lowest BCUT2D eigenvalue weighted by Crippen LogP contribution is -2.64. The minimum atomic E-state index is 0.0249.